The van der Waals surface area contributed by atoms with E-state index in [9.17, 15) is 4.79 Å². The molecular weight excluding hydrogens is 236 g/mol. The number of amides is 1. The zero-order valence-corrected chi connectivity index (χ0v) is 12.5. The second-order valence-electron chi connectivity index (χ2n) is 5.42. The van der Waals surface area contributed by atoms with Gasteiger partial charge in [-0.05, 0) is 51.3 Å². The molecule has 3 heteroatoms. The number of rotatable bonds is 6. The average Bonchev–Trinajstić information content (AvgIpc) is 2.38. The van der Waals surface area contributed by atoms with E-state index in [4.69, 9.17) is 5.73 Å². The molecule has 1 aromatic rings. The number of carbonyl (C=O) groups is 1. The van der Waals surface area contributed by atoms with Crippen molar-refractivity contribution in [2.75, 3.05) is 6.54 Å². The fourth-order valence-electron chi connectivity index (χ4n) is 2.21. The second kappa shape index (κ2) is 7.29. The highest BCUT2D eigenvalue weighted by molar-refractivity contribution is 5.78. The van der Waals surface area contributed by atoms with E-state index in [2.05, 4.69) is 37.4 Å². The zero-order chi connectivity index (χ0) is 14.4. The lowest BCUT2D eigenvalue weighted by atomic mass is 9.98. The molecule has 3 N–H and O–H groups in total. The van der Waals surface area contributed by atoms with E-state index >= 15 is 0 Å². The fraction of sp³-hybridized carbons (Fsp3) is 0.562. The molecule has 0 aliphatic heterocycles. The SMILES string of the molecule is Cc1ccc(C)c(C(C)NC(=O)C(C)CCCN)c1. The van der Waals surface area contributed by atoms with Crippen LogP contribution in [0.2, 0.25) is 0 Å². The van der Waals surface area contributed by atoms with Crippen LogP contribution in [0.3, 0.4) is 0 Å². The van der Waals surface area contributed by atoms with Crippen molar-refractivity contribution in [1.82, 2.24) is 5.32 Å². The van der Waals surface area contributed by atoms with Crippen molar-refractivity contribution in [3.05, 3.63) is 34.9 Å². The van der Waals surface area contributed by atoms with Crippen molar-refractivity contribution in [2.45, 2.75) is 46.6 Å². The molecule has 2 unspecified atom stereocenters. The Kier molecular flexibility index (Phi) is 6.03. The monoisotopic (exact) mass is 262 g/mol. The third-order valence-electron chi connectivity index (χ3n) is 3.55. The number of benzene rings is 1. The maximum Gasteiger partial charge on any atom is 0.223 e. The summed E-state index contributed by atoms with van der Waals surface area (Å²) in [4.78, 5) is 12.1. The molecule has 0 spiro atoms. The molecular formula is C16H26N2O. The molecule has 0 radical (unpaired) electrons. The van der Waals surface area contributed by atoms with Crippen LogP contribution in [-0.2, 0) is 4.79 Å². The van der Waals surface area contributed by atoms with Gasteiger partial charge in [-0.2, -0.15) is 0 Å². The predicted octanol–water partition coefficient (Wildman–Crippen LogP) is 2.86. The van der Waals surface area contributed by atoms with E-state index in [1.54, 1.807) is 0 Å². The Balaban J connectivity index is 2.66. The summed E-state index contributed by atoms with van der Waals surface area (Å²) < 4.78 is 0. The van der Waals surface area contributed by atoms with Gasteiger partial charge in [-0.1, -0.05) is 30.7 Å². The van der Waals surface area contributed by atoms with Crippen LogP contribution < -0.4 is 11.1 Å². The minimum atomic E-state index is 0.0242. The third-order valence-corrected chi connectivity index (χ3v) is 3.55. The van der Waals surface area contributed by atoms with Gasteiger partial charge in [0, 0.05) is 5.92 Å². The molecule has 1 amide bonds. The van der Waals surface area contributed by atoms with Crippen LogP contribution in [0.25, 0.3) is 0 Å². The van der Waals surface area contributed by atoms with Crippen LogP contribution in [0.1, 0.15) is 49.4 Å². The zero-order valence-electron chi connectivity index (χ0n) is 12.5. The van der Waals surface area contributed by atoms with Gasteiger partial charge >= 0.3 is 0 Å². The summed E-state index contributed by atoms with van der Waals surface area (Å²) in [7, 11) is 0. The molecule has 1 aromatic carbocycles. The molecule has 19 heavy (non-hydrogen) atoms. The highest BCUT2D eigenvalue weighted by atomic mass is 16.1. The van der Waals surface area contributed by atoms with Gasteiger partial charge in [0.1, 0.15) is 0 Å². The van der Waals surface area contributed by atoms with Gasteiger partial charge in [0.2, 0.25) is 5.91 Å². The first-order chi connectivity index (χ1) is 8.95. The number of nitrogens with one attached hydrogen (secondary N) is 1. The molecule has 2 atom stereocenters. The first kappa shape index (κ1) is 15.7. The Morgan fingerprint density at radius 3 is 2.63 bits per heavy atom. The van der Waals surface area contributed by atoms with Crippen molar-refractivity contribution in [3.8, 4) is 0 Å². The molecule has 0 saturated carbocycles. The number of aryl methyl sites for hydroxylation is 2. The van der Waals surface area contributed by atoms with E-state index < -0.39 is 0 Å². The standard InChI is InChI=1S/C16H26N2O/c1-11-7-8-12(2)15(10-11)14(4)18-16(19)13(3)6-5-9-17/h7-8,10,13-14H,5-6,9,17H2,1-4H3,(H,18,19). The highest BCUT2D eigenvalue weighted by Crippen LogP contribution is 2.19. The van der Waals surface area contributed by atoms with Gasteiger partial charge in [-0.15, -0.1) is 0 Å². The molecule has 3 nitrogen and oxygen atoms in total. The lowest BCUT2D eigenvalue weighted by Gasteiger charge is -2.20. The Hall–Kier alpha value is -1.35. The number of nitrogens with two attached hydrogens (primary N) is 1. The summed E-state index contributed by atoms with van der Waals surface area (Å²) in [6, 6.07) is 6.39. The Morgan fingerprint density at radius 2 is 2.00 bits per heavy atom. The minimum absolute atomic E-state index is 0.0242. The number of hydrogen-bond acceptors (Lipinski definition) is 2. The number of carbonyl (C=O) groups excluding carboxylic acids is 1. The van der Waals surface area contributed by atoms with Gasteiger partial charge in [-0.25, -0.2) is 0 Å². The molecule has 106 valence electrons. The first-order valence-corrected chi connectivity index (χ1v) is 7.03. The molecule has 0 aliphatic rings. The fourth-order valence-corrected chi connectivity index (χ4v) is 2.21. The molecule has 0 heterocycles. The van der Waals surface area contributed by atoms with E-state index in [-0.39, 0.29) is 17.9 Å². The van der Waals surface area contributed by atoms with E-state index in [1.165, 1.54) is 16.7 Å². The Bertz CT molecular complexity index is 429. The minimum Gasteiger partial charge on any atom is -0.349 e. The largest absolute Gasteiger partial charge is 0.349 e. The average molecular weight is 262 g/mol. The van der Waals surface area contributed by atoms with Crippen molar-refractivity contribution >= 4 is 5.91 Å². The summed E-state index contributed by atoms with van der Waals surface area (Å²) in [5.74, 6) is 0.137. The molecule has 0 aliphatic carbocycles. The third kappa shape index (κ3) is 4.67. The number of hydrogen-bond donors (Lipinski definition) is 2. The second-order valence-corrected chi connectivity index (χ2v) is 5.42. The lowest BCUT2D eigenvalue weighted by Crippen LogP contribution is -2.32. The topological polar surface area (TPSA) is 55.1 Å². The summed E-state index contributed by atoms with van der Waals surface area (Å²) in [5, 5.41) is 3.09. The smallest absolute Gasteiger partial charge is 0.223 e. The van der Waals surface area contributed by atoms with Crippen LogP contribution in [0.4, 0.5) is 0 Å². The molecule has 0 bridgehead atoms. The van der Waals surface area contributed by atoms with Crippen molar-refractivity contribution in [2.24, 2.45) is 11.7 Å². The first-order valence-electron chi connectivity index (χ1n) is 7.03. The molecule has 0 fully saturated rings. The predicted molar refractivity (Wildman–Crippen MR) is 79.9 cm³/mol. The van der Waals surface area contributed by atoms with Crippen LogP contribution in [0, 0.1) is 19.8 Å². The van der Waals surface area contributed by atoms with Crippen LogP contribution in [0.5, 0.6) is 0 Å². The molecule has 0 aromatic heterocycles. The van der Waals surface area contributed by atoms with Crippen molar-refractivity contribution < 1.29 is 4.79 Å². The maximum atomic E-state index is 12.1. The Labute approximate surface area is 116 Å². The van der Waals surface area contributed by atoms with Gasteiger partial charge in [0.05, 0.1) is 6.04 Å². The normalized spacial score (nSPS) is 13.9. The highest BCUT2D eigenvalue weighted by Gasteiger charge is 2.16. The van der Waals surface area contributed by atoms with Gasteiger partial charge in [-0.3, -0.25) is 4.79 Å². The summed E-state index contributed by atoms with van der Waals surface area (Å²) in [6.07, 6.45) is 1.74. The molecule has 0 saturated heterocycles. The maximum absolute atomic E-state index is 12.1. The van der Waals surface area contributed by atoms with Crippen LogP contribution >= 0.6 is 0 Å². The lowest BCUT2D eigenvalue weighted by molar-refractivity contribution is -0.125. The van der Waals surface area contributed by atoms with E-state index in [0.717, 1.165) is 12.8 Å². The van der Waals surface area contributed by atoms with E-state index in [1.807, 2.05) is 13.8 Å². The van der Waals surface area contributed by atoms with Gasteiger partial charge in [0.25, 0.3) is 0 Å². The molecule has 1 rings (SSSR count). The van der Waals surface area contributed by atoms with Crippen molar-refractivity contribution in [3.63, 3.8) is 0 Å². The van der Waals surface area contributed by atoms with Crippen LogP contribution in [-0.4, -0.2) is 12.5 Å². The summed E-state index contributed by atoms with van der Waals surface area (Å²) >= 11 is 0. The summed E-state index contributed by atoms with van der Waals surface area (Å²) in [5.41, 5.74) is 9.10. The van der Waals surface area contributed by atoms with Gasteiger partial charge in [0.15, 0.2) is 0 Å². The van der Waals surface area contributed by atoms with Crippen LogP contribution in [0.15, 0.2) is 18.2 Å². The van der Waals surface area contributed by atoms with Crippen molar-refractivity contribution in [1.29, 1.82) is 0 Å². The quantitative estimate of drug-likeness (QED) is 0.828. The van der Waals surface area contributed by atoms with Gasteiger partial charge < -0.3 is 11.1 Å². The van der Waals surface area contributed by atoms with E-state index in [0.29, 0.717) is 6.54 Å². The summed E-state index contributed by atoms with van der Waals surface area (Å²) in [6.45, 7) is 8.79. The Morgan fingerprint density at radius 1 is 1.32 bits per heavy atom.